The van der Waals surface area contributed by atoms with Crippen molar-refractivity contribution in [3.05, 3.63) is 71.8 Å². The van der Waals surface area contributed by atoms with Gasteiger partial charge in [-0.3, -0.25) is 4.79 Å². The van der Waals surface area contributed by atoms with Crippen LogP contribution in [0, 0.1) is 0 Å². The summed E-state index contributed by atoms with van der Waals surface area (Å²) in [4.78, 5) is 13.1. The van der Waals surface area contributed by atoms with Gasteiger partial charge in [0.1, 0.15) is 0 Å². The van der Waals surface area contributed by atoms with Crippen molar-refractivity contribution in [2.24, 2.45) is 0 Å². The lowest BCUT2D eigenvalue weighted by Gasteiger charge is -2.30. The van der Waals surface area contributed by atoms with E-state index in [0.29, 0.717) is 6.54 Å². The van der Waals surface area contributed by atoms with E-state index in [1.165, 1.54) is 0 Å². The second-order valence-corrected chi connectivity index (χ2v) is 9.00. The molecule has 24 heavy (non-hydrogen) atoms. The number of carbonyl (C=O) groups is 1. The minimum Gasteiger partial charge on any atom is -0.354 e. The molecule has 0 unspecified atom stereocenters. The number of nitrogens with one attached hydrogen (secondary N) is 1. The molecule has 0 radical (unpaired) electrons. The quantitative estimate of drug-likeness (QED) is 0.776. The third-order valence-corrected chi connectivity index (χ3v) is 5.35. The Morgan fingerprint density at radius 3 is 1.75 bits per heavy atom. The molecular formula is C21H27NOS. The van der Waals surface area contributed by atoms with Gasteiger partial charge < -0.3 is 5.32 Å². The molecule has 3 heteroatoms. The van der Waals surface area contributed by atoms with Crippen LogP contribution in [0.5, 0.6) is 0 Å². The zero-order valence-electron chi connectivity index (χ0n) is 15.0. The Hall–Kier alpha value is -1.74. The van der Waals surface area contributed by atoms with Crippen molar-refractivity contribution >= 4 is 17.7 Å². The highest BCUT2D eigenvalue weighted by atomic mass is 32.2. The van der Waals surface area contributed by atoms with E-state index in [1.54, 1.807) is 0 Å². The maximum Gasteiger partial charge on any atom is 0.234 e. The van der Waals surface area contributed by atoms with Gasteiger partial charge in [0.05, 0.1) is 5.41 Å². The van der Waals surface area contributed by atoms with Crippen LogP contribution in [0.4, 0.5) is 0 Å². The Morgan fingerprint density at radius 1 is 0.875 bits per heavy atom. The molecule has 0 atom stereocenters. The highest BCUT2D eigenvalue weighted by Gasteiger charge is 2.36. The van der Waals surface area contributed by atoms with Gasteiger partial charge in [0.15, 0.2) is 0 Å². The Morgan fingerprint density at radius 2 is 1.33 bits per heavy atom. The van der Waals surface area contributed by atoms with Crippen molar-refractivity contribution in [3.63, 3.8) is 0 Å². The van der Waals surface area contributed by atoms with Gasteiger partial charge in [0.2, 0.25) is 5.91 Å². The Balaban J connectivity index is 2.19. The predicted molar refractivity (Wildman–Crippen MR) is 105 cm³/mol. The summed E-state index contributed by atoms with van der Waals surface area (Å²) in [5, 5.41) is 3.13. The third-order valence-electron chi connectivity index (χ3n) is 4.08. The van der Waals surface area contributed by atoms with Crippen LogP contribution in [0.1, 0.15) is 38.8 Å². The van der Waals surface area contributed by atoms with Crippen LogP contribution in [-0.2, 0) is 10.2 Å². The van der Waals surface area contributed by atoms with Crippen molar-refractivity contribution in [1.82, 2.24) is 5.32 Å². The fourth-order valence-corrected chi connectivity index (χ4v) is 3.49. The van der Waals surface area contributed by atoms with Gasteiger partial charge in [0, 0.05) is 17.0 Å². The topological polar surface area (TPSA) is 29.1 Å². The average molecular weight is 342 g/mol. The van der Waals surface area contributed by atoms with E-state index < -0.39 is 5.41 Å². The molecule has 0 saturated carbocycles. The smallest absolute Gasteiger partial charge is 0.234 e. The molecule has 1 N–H and O–H groups in total. The van der Waals surface area contributed by atoms with Gasteiger partial charge in [0.25, 0.3) is 0 Å². The number of amides is 1. The fourth-order valence-electron chi connectivity index (χ4n) is 2.67. The number of hydrogen-bond acceptors (Lipinski definition) is 2. The molecule has 0 heterocycles. The van der Waals surface area contributed by atoms with Crippen LogP contribution in [-0.4, -0.2) is 23.0 Å². The first-order valence-corrected chi connectivity index (χ1v) is 9.36. The molecule has 0 aromatic heterocycles. The van der Waals surface area contributed by atoms with E-state index in [-0.39, 0.29) is 10.7 Å². The summed E-state index contributed by atoms with van der Waals surface area (Å²) in [6.45, 7) is 9.26. The first-order valence-electron chi connectivity index (χ1n) is 8.37. The molecule has 2 rings (SSSR count). The maximum absolute atomic E-state index is 13.1. The van der Waals surface area contributed by atoms with Gasteiger partial charge in [-0.05, 0) is 18.1 Å². The number of rotatable bonds is 6. The van der Waals surface area contributed by atoms with Crippen molar-refractivity contribution in [3.8, 4) is 0 Å². The summed E-state index contributed by atoms with van der Waals surface area (Å²) < 4.78 is 0.215. The zero-order valence-corrected chi connectivity index (χ0v) is 15.8. The normalized spacial score (nSPS) is 12.0. The Kier molecular flexibility index (Phi) is 6.11. The van der Waals surface area contributed by atoms with Gasteiger partial charge in [-0.25, -0.2) is 0 Å². The second-order valence-electron chi connectivity index (χ2n) is 7.07. The Labute approximate surface area is 150 Å². The van der Waals surface area contributed by atoms with E-state index in [9.17, 15) is 4.79 Å². The summed E-state index contributed by atoms with van der Waals surface area (Å²) in [6.07, 6.45) is 0. The van der Waals surface area contributed by atoms with Crippen LogP contribution >= 0.6 is 11.8 Å². The largest absolute Gasteiger partial charge is 0.354 e. The lowest BCUT2D eigenvalue weighted by atomic mass is 9.75. The van der Waals surface area contributed by atoms with Gasteiger partial charge in [-0.1, -0.05) is 81.4 Å². The molecule has 2 aromatic rings. The zero-order chi connectivity index (χ0) is 17.6. The van der Waals surface area contributed by atoms with Crippen LogP contribution in [0.15, 0.2) is 60.7 Å². The standard InChI is InChI=1S/C21H27NOS/c1-20(2,3)24-16-15-22-19(23)21(4,17-11-7-5-8-12-17)18-13-9-6-10-14-18/h5-14H,15-16H2,1-4H3,(H,22,23). The summed E-state index contributed by atoms with van der Waals surface area (Å²) >= 11 is 1.86. The van der Waals surface area contributed by atoms with Crippen LogP contribution in [0.25, 0.3) is 0 Å². The van der Waals surface area contributed by atoms with E-state index in [0.717, 1.165) is 16.9 Å². The van der Waals surface area contributed by atoms with Gasteiger partial charge in [-0.2, -0.15) is 11.8 Å². The van der Waals surface area contributed by atoms with Crippen LogP contribution in [0.3, 0.4) is 0 Å². The van der Waals surface area contributed by atoms with E-state index in [4.69, 9.17) is 0 Å². The van der Waals surface area contributed by atoms with Crippen molar-refractivity contribution in [2.75, 3.05) is 12.3 Å². The van der Waals surface area contributed by atoms with E-state index in [2.05, 4.69) is 26.1 Å². The van der Waals surface area contributed by atoms with Crippen LogP contribution in [0.2, 0.25) is 0 Å². The minimum absolute atomic E-state index is 0.0504. The van der Waals surface area contributed by atoms with E-state index in [1.807, 2.05) is 79.3 Å². The van der Waals surface area contributed by atoms with Crippen LogP contribution < -0.4 is 5.32 Å². The Bertz CT molecular complexity index is 607. The lowest BCUT2D eigenvalue weighted by Crippen LogP contribution is -2.44. The molecule has 0 aliphatic rings. The van der Waals surface area contributed by atoms with Gasteiger partial charge in [-0.15, -0.1) is 0 Å². The average Bonchev–Trinajstić information content (AvgIpc) is 2.58. The predicted octanol–water partition coefficient (Wildman–Crippen LogP) is 4.64. The third kappa shape index (κ3) is 4.64. The molecule has 0 spiro atoms. The SMILES string of the molecule is CC(C)(C)SCCNC(=O)C(C)(c1ccccc1)c1ccccc1. The first kappa shape index (κ1) is 18.6. The molecule has 2 aromatic carbocycles. The number of carbonyl (C=O) groups excluding carboxylic acids is 1. The minimum atomic E-state index is -0.686. The number of thioether (sulfide) groups is 1. The lowest BCUT2D eigenvalue weighted by molar-refractivity contribution is -0.124. The number of benzene rings is 2. The summed E-state index contributed by atoms with van der Waals surface area (Å²) in [6, 6.07) is 20.0. The first-order chi connectivity index (χ1) is 11.3. The molecule has 0 aliphatic heterocycles. The van der Waals surface area contributed by atoms with Crippen molar-refractivity contribution < 1.29 is 4.79 Å². The summed E-state index contributed by atoms with van der Waals surface area (Å²) in [5.41, 5.74) is 1.34. The number of hydrogen-bond donors (Lipinski definition) is 1. The molecule has 0 aliphatic carbocycles. The monoisotopic (exact) mass is 341 g/mol. The highest BCUT2D eigenvalue weighted by Crippen LogP contribution is 2.32. The van der Waals surface area contributed by atoms with E-state index >= 15 is 0 Å². The van der Waals surface area contributed by atoms with Crippen molar-refractivity contribution in [1.29, 1.82) is 0 Å². The maximum atomic E-state index is 13.1. The van der Waals surface area contributed by atoms with Gasteiger partial charge >= 0.3 is 0 Å². The molecule has 2 nitrogen and oxygen atoms in total. The fraction of sp³-hybridized carbons (Fsp3) is 0.381. The van der Waals surface area contributed by atoms with Crippen molar-refractivity contribution in [2.45, 2.75) is 37.9 Å². The molecular weight excluding hydrogens is 314 g/mol. The molecule has 128 valence electrons. The highest BCUT2D eigenvalue weighted by molar-refractivity contribution is 8.00. The summed E-state index contributed by atoms with van der Waals surface area (Å²) in [5.74, 6) is 0.962. The molecule has 0 fully saturated rings. The molecule has 1 amide bonds. The molecule has 0 bridgehead atoms. The second kappa shape index (κ2) is 7.89. The summed E-state index contributed by atoms with van der Waals surface area (Å²) in [7, 11) is 0. The molecule has 0 saturated heterocycles.